The molecule has 1 saturated carbocycles. The molecule has 0 aromatic carbocycles. The second-order valence-electron chi connectivity index (χ2n) is 8.76. The third kappa shape index (κ3) is 11.4. The molecule has 0 spiro atoms. The number of hydrogen-bond donors (Lipinski definition) is 3. The van der Waals surface area contributed by atoms with E-state index in [2.05, 4.69) is 41.7 Å². The number of guanidine groups is 1. The smallest absolute Gasteiger partial charge is 0.407 e. The minimum absolute atomic E-state index is 0.194. The van der Waals surface area contributed by atoms with Gasteiger partial charge in [0.05, 0.1) is 6.54 Å². The average Bonchev–Trinajstić information content (AvgIpc) is 2.60. The first-order valence-electron chi connectivity index (χ1n) is 11.0. The maximum Gasteiger partial charge on any atom is 0.407 e. The summed E-state index contributed by atoms with van der Waals surface area (Å²) in [6, 6.07) is 0.590. The van der Waals surface area contributed by atoms with E-state index in [1.54, 1.807) is 0 Å². The van der Waals surface area contributed by atoms with Crippen LogP contribution in [0.15, 0.2) is 4.99 Å². The Labute approximate surface area is 172 Å². The van der Waals surface area contributed by atoms with Crippen LogP contribution in [0.1, 0.15) is 73.1 Å². The number of likely N-dealkylation sites (N-methyl/N-ethyl adjacent to an activating group) is 1. The van der Waals surface area contributed by atoms with E-state index in [-0.39, 0.29) is 12.1 Å². The van der Waals surface area contributed by atoms with E-state index in [1.165, 1.54) is 12.8 Å². The lowest BCUT2D eigenvalue weighted by atomic mass is 9.91. The quantitative estimate of drug-likeness (QED) is 0.412. The summed E-state index contributed by atoms with van der Waals surface area (Å²) < 4.78 is 5.35. The summed E-state index contributed by atoms with van der Waals surface area (Å²) in [5, 5.41) is 9.91. The minimum atomic E-state index is -0.454. The maximum absolute atomic E-state index is 11.9. The zero-order chi connectivity index (χ0) is 21.0. The number of carbonyl (C=O) groups excluding carboxylic acids is 1. The molecule has 28 heavy (non-hydrogen) atoms. The van der Waals surface area contributed by atoms with Gasteiger partial charge in [-0.05, 0) is 73.4 Å². The van der Waals surface area contributed by atoms with Gasteiger partial charge < -0.3 is 25.6 Å². The maximum atomic E-state index is 11.9. The highest BCUT2D eigenvalue weighted by Gasteiger charge is 2.25. The minimum Gasteiger partial charge on any atom is -0.444 e. The normalized spacial score (nSPS) is 20.8. The average molecular weight is 398 g/mol. The van der Waals surface area contributed by atoms with Crippen molar-refractivity contribution in [1.29, 1.82) is 0 Å². The van der Waals surface area contributed by atoms with Gasteiger partial charge in [-0.3, -0.25) is 4.99 Å². The molecule has 7 heteroatoms. The predicted molar refractivity (Wildman–Crippen MR) is 117 cm³/mol. The number of amides is 1. The Bertz CT molecular complexity index is 468. The van der Waals surface area contributed by atoms with Crippen LogP contribution in [-0.4, -0.2) is 67.9 Å². The lowest BCUT2D eigenvalue weighted by Gasteiger charge is -2.31. The van der Waals surface area contributed by atoms with E-state index in [0.717, 1.165) is 57.8 Å². The van der Waals surface area contributed by atoms with Gasteiger partial charge in [0.25, 0.3) is 0 Å². The Kier molecular flexibility index (Phi) is 11.3. The summed E-state index contributed by atoms with van der Waals surface area (Å²) in [5.74, 6) is 0.898. The molecule has 1 aliphatic carbocycles. The molecule has 0 saturated heterocycles. The molecule has 0 radical (unpaired) electrons. The molecule has 0 aromatic heterocycles. The first-order valence-corrected chi connectivity index (χ1v) is 11.0. The van der Waals surface area contributed by atoms with E-state index in [4.69, 9.17) is 9.73 Å². The number of alkyl carbamates (subject to hydrolysis) is 1. The molecule has 0 bridgehead atoms. The number of carbonyl (C=O) groups is 1. The molecule has 7 nitrogen and oxygen atoms in total. The van der Waals surface area contributed by atoms with E-state index in [1.807, 2.05) is 20.8 Å². The molecular formula is C21H43N5O2. The first-order chi connectivity index (χ1) is 13.2. The summed E-state index contributed by atoms with van der Waals surface area (Å²) in [4.78, 5) is 19.0. The first kappa shape index (κ1) is 24.5. The molecule has 0 heterocycles. The molecule has 1 amide bonds. The van der Waals surface area contributed by atoms with Crippen molar-refractivity contribution in [3.8, 4) is 0 Å². The van der Waals surface area contributed by atoms with Crippen LogP contribution < -0.4 is 16.0 Å². The van der Waals surface area contributed by atoms with Gasteiger partial charge in [0.15, 0.2) is 5.96 Å². The van der Waals surface area contributed by atoms with Gasteiger partial charge in [0.2, 0.25) is 0 Å². The van der Waals surface area contributed by atoms with Gasteiger partial charge in [0, 0.05) is 25.2 Å². The van der Waals surface area contributed by atoms with Crippen molar-refractivity contribution < 1.29 is 9.53 Å². The highest BCUT2D eigenvalue weighted by molar-refractivity contribution is 5.80. The van der Waals surface area contributed by atoms with E-state index < -0.39 is 5.60 Å². The zero-order valence-corrected chi connectivity index (χ0v) is 18.9. The van der Waals surface area contributed by atoms with Crippen LogP contribution in [0.5, 0.6) is 0 Å². The summed E-state index contributed by atoms with van der Waals surface area (Å²) in [5.41, 5.74) is -0.454. The van der Waals surface area contributed by atoms with E-state index >= 15 is 0 Å². The summed E-state index contributed by atoms with van der Waals surface area (Å²) >= 11 is 0. The number of hydrogen-bond acceptors (Lipinski definition) is 4. The molecule has 3 N–H and O–H groups in total. The van der Waals surface area contributed by atoms with Gasteiger partial charge in [-0.15, -0.1) is 0 Å². The van der Waals surface area contributed by atoms with Gasteiger partial charge in [-0.2, -0.15) is 0 Å². The number of nitrogens with one attached hydrogen (secondary N) is 3. The van der Waals surface area contributed by atoms with Crippen molar-refractivity contribution in [3.05, 3.63) is 0 Å². The summed E-state index contributed by atoms with van der Waals surface area (Å²) in [6.45, 7) is 13.7. The number of unbranched alkanes of at least 4 members (excludes halogenated alkanes) is 1. The molecular weight excluding hydrogens is 354 g/mol. The van der Waals surface area contributed by atoms with Gasteiger partial charge in [0.1, 0.15) is 5.60 Å². The van der Waals surface area contributed by atoms with Crippen LogP contribution in [0.2, 0.25) is 0 Å². The molecule has 0 aliphatic heterocycles. The van der Waals surface area contributed by atoms with Gasteiger partial charge >= 0.3 is 6.09 Å². The molecule has 1 fully saturated rings. The van der Waals surface area contributed by atoms with Crippen LogP contribution >= 0.6 is 0 Å². The Morgan fingerprint density at radius 1 is 1.07 bits per heavy atom. The van der Waals surface area contributed by atoms with Gasteiger partial charge in [-0.1, -0.05) is 13.3 Å². The fourth-order valence-corrected chi connectivity index (χ4v) is 3.24. The highest BCUT2D eigenvalue weighted by atomic mass is 16.6. The number of nitrogens with zero attached hydrogens (tertiary/aromatic N) is 2. The number of aliphatic imine (C=N–C) groups is 1. The Hall–Kier alpha value is -1.50. The van der Waals surface area contributed by atoms with Crippen molar-refractivity contribution >= 4 is 12.1 Å². The second kappa shape index (κ2) is 12.9. The van der Waals surface area contributed by atoms with Crippen molar-refractivity contribution in [3.63, 3.8) is 0 Å². The molecule has 0 unspecified atom stereocenters. The Balaban J connectivity index is 2.36. The largest absolute Gasteiger partial charge is 0.444 e. The van der Waals surface area contributed by atoms with Crippen LogP contribution in [0.25, 0.3) is 0 Å². The highest BCUT2D eigenvalue weighted by Crippen LogP contribution is 2.19. The molecule has 1 rings (SSSR count). The number of ether oxygens (including phenoxy) is 1. The third-order valence-electron chi connectivity index (χ3n) is 4.78. The summed E-state index contributed by atoms with van der Waals surface area (Å²) in [7, 11) is 2.16. The van der Waals surface area contributed by atoms with Crippen molar-refractivity contribution in [1.82, 2.24) is 20.9 Å². The van der Waals surface area contributed by atoms with E-state index in [0.29, 0.717) is 6.04 Å². The molecule has 0 atom stereocenters. The van der Waals surface area contributed by atoms with Crippen LogP contribution in [0.4, 0.5) is 4.79 Å². The van der Waals surface area contributed by atoms with Crippen LogP contribution in [0, 0.1) is 0 Å². The Morgan fingerprint density at radius 2 is 1.68 bits per heavy atom. The lowest BCUT2D eigenvalue weighted by molar-refractivity contribution is 0.0490. The van der Waals surface area contributed by atoms with Crippen LogP contribution in [0.3, 0.4) is 0 Å². The molecule has 164 valence electrons. The monoisotopic (exact) mass is 397 g/mol. The fraction of sp³-hybridized carbons (Fsp3) is 0.905. The topological polar surface area (TPSA) is 78.0 Å². The van der Waals surface area contributed by atoms with Crippen molar-refractivity contribution in [2.24, 2.45) is 4.99 Å². The van der Waals surface area contributed by atoms with Crippen molar-refractivity contribution in [2.75, 3.05) is 33.2 Å². The number of rotatable bonds is 9. The lowest BCUT2D eigenvalue weighted by Crippen LogP contribution is -2.48. The van der Waals surface area contributed by atoms with Crippen molar-refractivity contribution in [2.45, 2.75) is 90.8 Å². The molecule has 0 aromatic rings. The standard InChI is InChI=1S/C21H43N5O2/c1-7-9-15-26(6)16-14-23-19(22-8-2)24-17-10-12-18(13-11-17)25-20(27)28-21(3,4)5/h17-18H,7-16H2,1-6H3,(H,25,27)(H2,22,23,24). The van der Waals surface area contributed by atoms with Gasteiger partial charge in [-0.25, -0.2) is 4.79 Å². The summed E-state index contributed by atoms with van der Waals surface area (Å²) in [6.07, 6.45) is 6.09. The SMILES string of the molecule is CCCCN(C)CCN=C(NCC)NC1CCC(NC(=O)OC(C)(C)C)CC1. The van der Waals surface area contributed by atoms with Crippen LogP contribution in [-0.2, 0) is 4.74 Å². The Morgan fingerprint density at radius 3 is 2.21 bits per heavy atom. The fourth-order valence-electron chi connectivity index (χ4n) is 3.24. The third-order valence-corrected chi connectivity index (χ3v) is 4.78. The second-order valence-corrected chi connectivity index (χ2v) is 8.76. The predicted octanol–water partition coefficient (Wildman–Crippen LogP) is 3.11. The molecule has 1 aliphatic rings. The van der Waals surface area contributed by atoms with E-state index in [9.17, 15) is 4.79 Å². The zero-order valence-electron chi connectivity index (χ0n) is 18.9.